The summed E-state index contributed by atoms with van der Waals surface area (Å²) in [5, 5.41) is 5.91. The van der Waals surface area contributed by atoms with Gasteiger partial charge in [-0.3, -0.25) is 5.41 Å². The highest BCUT2D eigenvalue weighted by molar-refractivity contribution is 7.80. The smallest absolute Gasteiger partial charge is 0.163 e. The molecule has 8 heavy (non-hydrogen) atoms. The molecule has 0 aliphatic heterocycles. The minimum Gasteiger partial charge on any atom is -0.387 e. The van der Waals surface area contributed by atoms with Crippen LogP contribution >= 0.6 is 0 Å². The summed E-state index contributed by atoms with van der Waals surface area (Å²) in [7, 11) is 0. The van der Waals surface area contributed by atoms with Crippen molar-refractivity contribution in [2.24, 2.45) is 5.73 Å². The Hall–Kier alpha value is -0.420. The molecule has 2 atom stereocenters. The van der Waals surface area contributed by atoms with Gasteiger partial charge in [-0.25, -0.2) is 4.21 Å². The highest BCUT2D eigenvalue weighted by atomic mass is 32.2. The molecule has 2 unspecified atom stereocenters. The minimum atomic E-state index is -1.99. The third-order valence-electron chi connectivity index (χ3n) is 0.740. The Morgan fingerprint density at radius 3 is 2.38 bits per heavy atom. The monoisotopic (exact) mass is 136 g/mol. The Morgan fingerprint density at radius 2 is 2.38 bits per heavy atom. The van der Waals surface area contributed by atoms with Crippen LogP contribution in [0.3, 0.4) is 0 Å². The first-order chi connectivity index (χ1) is 3.55. The number of nitrogens with two attached hydrogens (primary N) is 1. The molecule has 0 fully saturated rings. The zero-order chi connectivity index (χ0) is 6.73. The van der Waals surface area contributed by atoms with E-state index in [9.17, 15) is 4.21 Å². The van der Waals surface area contributed by atoms with Crippen molar-refractivity contribution in [3.63, 3.8) is 0 Å². The lowest BCUT2D eigenvalue weighted by molar-refractivity contribution is 0.560. The van der Waals surface area contributed by atoms with Crippen LogP contribution in [0.25, 0.3) is 0 Å². The molecule has 0 saturated heterocycles. The summed E-state index contributed by atoms with van der Waals surface area (Å²) in [6.07, 6.45) is 0. The second-order valence-electron chi connectivity index (χ2n) is 1.37. The van der Waals surface area contributed by atoms with E-state index in [0.717, 1.165) is 0 Å². The topological polar surface area (TPSA) is 87.2 Å². The molecule has 0 amide bonds. The van der Waals surface area contributed by atoms with Crippen LogP contribution in [-0.4, -0.2) is 19.8 Å². The summed E-state index contributed by atoms with van der Waals surface area (Å²) in [4.78, 5) is 0. The zero-order valence-corrected chi connectivity index (χ0v) is 5.23. The highest BCUT2D eigenvalue weighted by Crippen LogP contribution is 1.88. The van der Waals surface area contributed by atoms with Gasteiger partial charge in [0.05, 0.1) is 0 Å². The van der Waals surface area contributed by atoms with Gasteiger partial charge in [0.25, 0.3) is 0 Å². The molecule has 0 aromatic heterocycles. The Kier molecular flexibility index (Phi) is 2.64. The van der Waals surface area contributed by atoms with E-state index in [1.54, 1.807) is 0 Å². The molecule has 0 aromatic rings. The van der Waals surface area contributed by atoms with Crippen LogP contribution in [0.5, 0.6) is 0 Å². The van der Waals surface area contributed by atoms with Gasteiger partial charge in [-0.05, 0) is 6.92 Å². The molecule has 0 heterocycles. The summed E-state index contributed by atoms with van der Waals surface area (Å²) in [5.74, 6) is -0.258. The summed E-state index contributed by atoms with van der Waals surface area (Å²) >= 11 is -1.99. The average Bonchev–Trinajstić information content (AvgIpc) is 1.64. The first-order valence-electron chi connectivity index (χ1n) is 1.99. The molecule has 0 radical (unpaired) electrons. The van der Waals surface area contributed by atoms with Crippen LogP contribution in [0.2, 0.25) is 0 Å². The van der Waals surface area contributed by atoms with Crippen molar-refractivity contribution in [3.05, 3.63) is 0 Å². The van der Waals surface area contributed by atoms with E-state index in [-0.39, 0.29) is 5.84 Å². The van der Waals surface area contributed by atoms with Gasteiger partial charge in [-0.2, -0.15) is 0 Å². The van der Waals surface area contributed by atoms with Gasteiger partial charge in [-0.1, -0.05) is 0 Å². The molecule has 0 saturated carbocycles. The van der Waals surface area contributed by atoms with Crippen LogP contribution in [0.4, 0.5) is 0 Å². The quantitative estimate of drug-likeness (QED) is 0.272. The fraction of sp³-hybridized carbons (Fsp3) is 0.667. The third-order valence-corrected chi connectivity index (χ3v) is 1.60. The molecule has 48 valence electrons. The maximum atomic E-state index is 10.0. The molecule has 0 bridgehead atoms. The fourth-order valence-electron chi connectivity index (χ4n) is 0.109. The summed E-state index contributed by atoms with van der Waals surface area (Å²) < 4.78 is 18.3. The van der Waals surface area contributed by atoms with Gasteiger partial charge >= 0.3 is 0 Å². The lowest BCUT2D eigenvalue weighted by Crippen LogP contribution is -2.28. The average molecular weight is 136 g/mol. The second-order valence-corrected chi connectivity index (χ2v) is 2.63. The van der Waals surface area contributed by atoms with Crippen LogP contribution in [0, 0.1) is 5.41 Å². The molecular weight excluding hydrogens is 128 g/mol. The van der Waals surface area contributed by atoms with Gasteiger partial charge in [0, 0.05) is 0 Å². The number of hydrogen-bond donors (Lipinski definition) is 3. The van der Waals surface area contributed by atoms with E-state index in [1.807, 2.05) is 0 Å². The van der Waals surface area contributed by atoms with E-state index in [0.29, 0.717) is 0 Å². The normalized spacial score (nSPS) is 17.2. The van der Waals surface area contributed by atoms with E-state index in [2.05, 4.69) is 0 Å². The van der Waals surface area contributed by atoms with Gasteiger partial charge in [0.15, 0.2) is 11.1 Å². The van der Waals surface area contributed by atoms with Crippen molar-refractivity contribution >= 4 is 16.9 Å². The molecule has 0 spiro atoms. The molecule has 4 N–H and O–H groups in total. The van der Waals surface area contributed by atoms with Crippen LogP contribution in [0.1, 0.15) is 6.92 Å². The standard InChI is InChI=1S/C3H8N2O2S/c1-2(3(4)5)8(6)7/h2H,1H3,(H3,4,5)(H,6,7). The summed E-state index contributed by atoms with van der Waals surface area (Å²) in [6, 6.07) is 0. The first kappa shape index (κ1) is 7.58. The van der Waals surface area contributed by atoms with Crippen molar-refractivity contribution in [3.8, 4) is 0 Å². The third kappa shape index (κ3) is 2.04. The first-order valence-corrected chi connectivity index (χ1v) is 3.16. The lowest BCUT2D eigenvalue weighted by atomic mass is 10.4. The number of nitrogens with one attached hydrogen (secondary N) is 1. The minimum absolute atomic E-state index is 0.258. The fourth-order valence-corrected chi connectivity index (χ4v) is 0.326. The second kappa shape index (κ2) is 2.78. The molecule has 0 aliphatic rings. The Morgan fingerprint density at radius 1 is 2.00 bits per heavy atom. The van der Waals surface area contributed by atoms with Crippen molar-refractivity contribution < 1.29 is 8.76 Å². The Labute approximate surface area is 49.9 Å². The van der Waals surface area contributed by atoms with Crippen molar-refractivity contribution in [2.75, 3.05) is 0 Å². The predicted octanol–water partition coefficient (Wildman–Crippen LogP) is -0.467. The largest absolute Gasteiger partial charge is 0.387 e. The van der Waals surface area contributed by atoms with Crippen molar-refractivity contribution in [2.45, 2.75) is 12.2 Å². The molecule has 5 heteroatoms. The van der Waals surface area contributed by atoms with Gasteiger partial charge in [-0.15, -0.1) is 0 Å². The Bertz CT molecular complexity index is 110. The van der Waals surface area contributed by atoms with E-state index in [1.165, 1.54) is 6.92 Å². The predicted molar refractivity (Wildman–Crippen MR) is 32.1 cm³/mol. The number of rotatable bonds is 2. The van der Waals surface area contributed by atoms with Crippen LogP contribution < -0.4 is 5.73 Å². The SMILES string of the molecule is CC(C(=N)N)S(=O)O. The summed E-state index contributed by atoms with van der Waals surface area (Å²) in [5.41, 5.74) is 4.87. The van der Waals surface area contributed by atoms with E-state index in [4.69, 9.17) is 15.7 Å². The Balaban J connectivity index is 3.83. The van der Waals surface area contributed by atoms with Gasteiger partial charge in [0.1, 0.15) is 11.1 Å². The zero-order valence-electron chi connectivity index (χ0n) is 4.42. The molecule has 0 aliphatic carbocycles. The van der Waals surface area contributed by atoms with Crippen LogP contribution in [-0.2, 0) is 11.1 Å². The molecule has 0 aromatic carbocycles. The maximum absolute atomic E-state index is 10.0. The van der Waals surface area contributed by atoms with Crippen LogP contribution in [0.15, 0.2) is 0 Å². The number of hydrogen-bond acceptors (Lipinski definition) is 2. The maximum Gasteiger partial charge on any atom is 0.163 e. The molecular formula is C3H8N2O2S. The summed E-state index contributed by atoms with van der Waals surface area (Å²) in [6.45, 7) is 1.42. The van der Waals surface area contributed by atoms with Crippen molar-refractivity contribution in [1.82, 2.24) is 0 Å². The highest BCUT2D eigenvalue weighted by Gasteiger charge is 2.09. The van der Waals surface area contributed by atoms with Gasteiger partial charge < -0.3 is 10.3 Å². The van der Waals surface area contributed by atoms with E-state index < -0.39 is 16.3 Å². The van der Waals surface area contributed by atoms with E-state index >= 15 is 0 Å². The number of amidine groups is 1. The lowest BCUT2D eigenvalue weighted by Gasteiger charge is -2.00. The molecule has 4 nitrogen and oxygen atoms in total. The molecule has 0 rings (SSSR count). The van der Waals surface area contributed by atoms with Gasteiger partial charge in [0.2, 0.25) is 0 Å². The van der Waals surface area contributed by atoms with Crippen molar-refractivity contribution in [1.29, 1.82) is 5.41 Å².